The molecule has 4 nitrogen and oxygen atoms in total. The van der Waals surface area contributed by atoms with Gasteiger partial charge in [0.15, 0.2) is 11.5 Å². The Hall–Kier alpha value is -1.52. The Kier molecular flexibility index (Phi) is 3.20. The molecule has 4 heteroatoms. The number of hydrogen-bond donors (Lipinski definition) is 0. The molecule has 0 N–H and O–H groups in total. The number of fused-ring (bicyclic) bond motifs is 1. The van der Waals surface area contributed by atoms with Crippen LogP contribution >= 0.6 is 0 Å². The molecule has 1 aromatic carbocycles. The molecule has 1 fully saturated rings. The average molecular weight is 301 g/mol. The quantitative estimate of drug-likeness (QED) is 0.803. The maximum absolute atomic E-state index is 5.57. The first-order valence-corrected chi connectivity index (χ1v) is 7.93. The third-order valence-electron chi connectivity index (χ3n) is 5.70. The minimum Gasteiger partial charge on any atom is -0.493 e. The summed E-state index contributed by atoms with van der Waals surface area (Å²) in [6, 6.07) is 4.88. The van der Waals surface area contributed by atoms with Crippen LogP contribution in [-0.2, 0) is 16.7 Å². The summed E-state index contributed by atoms with van der Waals surface area (Å²) in [7, 11) is 5.21. The lowest BCUT2D eigenvalue weighted by Crippen LogP contribution is -2.49. The van der Waals surface area contributed by atoms with Crippen molar-refractivity contribution in [3.63, 3.8) is 0 Å². The summed E-state index contributed by atoms with van der Waals surface area (Å²) in [6.07, 6.45) is 7.11. The van der Waals surface area contributed by atoms with Gasteiger partial charge in [0, 0.05) is 31.7 Å². The SMILES string of the molecule is COc1cc2c(cc1OC)[C@@]13C=C[C@@H](OC)C[C@@H]1N(CC3)C2. The molecule has 0 saturated carbocycles. The van der Waals surface area contributed by atoms with E-state index in [-0.39, 0.29) is 11.5 Å². The summed E-state index contributed by atoms with van der Waals surface area (Å²) in [5, 5.41) is 0. The second-order valence-electron chi connectivity index (χ2n) is 6.51. The minimum atomic E-state index is 0.113. The molecule has 0 aromatic heterocycles. The second kappa shape index (κ2) is 5.00. The summed E-state index contributed by atoms with van der Waals surface area (Å²) in [5.74, 6) is 1.66. The first-order valence-electron chi connectivity index (χ1n) is 7.93. The zero-order valence-corrected chi connectivity index (χ0v) is 13.5. The maximum atomic E-state index is 5.57. The van der Waals surface area contributed by atoms with E-state index in [1.165, 1.54) is 17.5 Å². The van der Waals surface area contributed by atoms with Gasteiger partial charge < -0.3 is 14.2 Å². The van der Waals surface area contributed by atoms with Crippen molar-refractivity contribution in [3.05, 3.63) is 35.4 Å². The fraction of sp³-hybridized carbons (Fsp3) is 0.556. The summed E-state index contributed by atoms with van der Waals surface area (Å²) in [5.41, 5.74) is 2.89. The van der Waals surface area contributed by atoms with E-state index in [0.717, 1.165) is 31.0 Å². The Morgan fingerprint density at radius 1 is 1.14 bits per heavy atom. The van der Waals surface area contributed by atoms with Gasteiger partial charge in [0.2, 0.25) is 0 Å². The van der Waals surface area contributed by atoms with Gasteiger partial charge in [-0.3, -0.25) is 4.90 Å². The van der Waals surface area contributed by atoms with Gasteiger partial charge >= 0.3 is 0 Å². The molecule has 0 amide bonds. The molecule has 1 saturated heterocycles. The molecule has 2 bridgehead atoms. The zero-order valence-electron chi connectivity index (χ0n) is 13.5. The summed E-state index contributed by atoms with van der Waals surface area (Å²) in [6.45, 7) is 2.14. The number of benzene rings is 1. The highest BCUT2D eigenvalue weighted by molar-refractivity contribution is 5.55. The number of nitrogens with zero attached hydrogens (tertiary/aromatic N) is 1. The molecule has 1 unspecified atom stereocenters. The van der Waals surface area contributed by atoms with Gasteiger partial charge in [-0.1, -0.05) is 12.2 Å². The van der Waals surface area contributed by atoms with Gasteiger partial charge in [0.25, 0.3) is 0 Å². The van der Waals surface area contributed by atoms with Crippen LogP contribution in [0.15, 0.2) is 24.3 Å². The lowest BCUT2D eigenvalue weighted by atomic mass is 9.66. The molecule has 1 aromatic rings. The van der Waals surface area contributed by atoms with E-state index >= 15 is 0 Å². The van der Waals surface area contributed by atoms with E-state index in [1.807, 2.05) is 0 Å². The Bertz CT molecular complexity index is 627. The Labute approximate surface area is 131 Å². The van der Waals surface area contributed by atoms with Gasteiger partial charge in [-0.05, 0) is 36.1 Å². The number of hydrogen-bond acceptors (Lipinski definition) is 4. The zero-order chi connectivity index (χ0) is 15.3. The van der Waals surface area contributed by atoms with E-state index in [9.17, 15) is 0 Å². The third-order valence-corrected chi connectivity index (χ3v) is 5.70. The van der Waals surface area contributed by atoms with E-state index in [1.54, 1.807) is 21.3 Å². The van der Waals surface area contributed by atoms with Gasteiger partial charge in [-0.15, -0.1) is 0 Å². The summed E-state index contributed by atoms with van der Waals surface area (Å²) < 4.78 is 16.6. The molecule has 4 rings (SSSR count). The van der Waals surface area contributed by atoms with Crippen molar-refractivity contribution in [1.29, 1.82) is 0 Å². The van der Waals surface area contributed by atoms with Crippen molar-refractivity contribution in [2.45, 2.75) is 36.9 Å². The molecule has 2 heterocycles. The molecule has 22 heavy (non-hydrogen) atoms. The van der Waals surface area contributed by atoms with Gasteiger partial charge in [-0.2, -0.15) is 0 Å². The first kappa shape index (κ1) is 14.1. The lowest BCUT2D eigenvalue weighted by molar-refractivity contribution is 0.0749. The highest BCUT2D eigenvalue weighted by Gasteiger charge is 2.53. The fourth-order valence-corrected chi connectivity index (χ4v) is 4.58. The lowest BCUT2D eigenvalue weighted by Gasteiger charge is -2.46. The predicted octanol–water partition coefficient (Wildman–Crippen LogP) is 2.50. The number of ether oxygens (including phenoxy) is 3. The van der Waals surface area contributed by atoms with Crippen LogP contribution in [0.25, 0.3) is 0 Å². The Balaban J connectivity index is 1.87. The van der Waals surface area contributed by atoms with Crippen molar-refractivity contribution in [1.82, 2.24) is 4.90 Å². The van der Waals surface area contributed by atoms with Gasteiger partial charge in [0.1, 0.15) is 0 Å². The molecule has 0 radical (unpaired) electrons. The Morgan fingerprint density at radius 3 is 2.64 bits per heavy atom. The van der Waals surface area contributed by atoms with Crippen molar-refractivity contribution >= 4 is 0 Å². The predicted molar refractivity (Wildman–Crippen MR) is 84.6 cm³/mol. The van der Waals surface area contributed by atoms with Gasteiger partial charge in [0.05, 0.1) is 20.3 Å². The average Bonchev–Trinajstić information content (AvgIpc) is 2.85. The van der Waals surface area contributed by atoms with E-state index in [0.29, 0.717) is 6.04 Å². The monoisotopic (exact) mass is 301 g/mol. The van der Waals surface area contributed by atoms with Crippen LogP contribution in [0.2, 0.25) is 0 Å². The van der Waals surface area contributed by atoms with Crippen LogP contribution in [-0.4, -0.2) is 44.9 Å². The highest BCUT2D eigenvalue weighted by atomic mass is 16.5. The largest absolute Gasteiger partial charge is 0.493 e. The normalized spacial score (nSPS) is 35.0. The summed E-state index contributed by atoms with van der Waals surface area (Å²) in [4.78, 5) is 2.60. The number of rotatable bonds is 3. The minimum absolute atomic E-state index is 0.113. The first-order chi connectivity index (χ1) is 10.7. The van der Waals surface area contributed by atoms with Crippen LogP contribution in [0, 0.1) is 0 Å². The Morgan fingerprint density at radius 2 is 1.91 bits per heavy atom. The number of methoxy groups -OCH3 is 3. The van der Waals surface area contributed by atoms with Crippen LogP contribution in [0.3, 0.4) is 0 Å². The van der Waals surface area contributed by atoms with Crippen molar-refractivity contribution in [3.8, 4) is 11.5 Å². The standard InChI is InChI=1S/C18H23NO3/c1-20-13-4-5-18-6-7-19(17(18)9-13)11-12-8-15(21-2)16(22-3)10-14(12)18/h4-5,8,10,13,17H,6-7,9,11H2,1-3H3/t13-,17+,18+/m1/s1. The maximum Gasteiger partial charge on any atom is 0.161 e. The smallest absolute Gasteiger partial charge is 0.161 e. The van der Waals surface area contributed by atoms with Crippen molar-refractivity contribution in [2.75, 3.05) is 27.9 Å². The van der Waals surface area contributed by atoms with Crippen molar-refractivity contribution < 1.29 is 14.2 Å². The molecular weight excluding hydrogens is 278 g/mol. The molecule has 1 aliphatic carbocycles. The van der Waals surface area contributed by atoms with Crippen LogP contribution in [0.5, 0.6) is 11.5 Å². The molecular formula is C18H23NO3. The molecule has 118 valence electrons. The van der Waals surface area contributed by atoms with Gasteiger partial charge in [-0.25, -0.2) is 0 Å². The third kappa shape index (κ3) is 1.77. The van der Waals surface area contributed by atoms with E-state index < -0.39 is 0 Å². The fourth-order valence-electron chi connectivity index (χ4n) is 4.58. The van der Waals surface area contributed by atoms with E-state index in [2.05, 4.69) is 29.2 Å². The second-order valence-corrected chi connectivity index (χ2v) is 6.51. The highest BCUT2D eigenvalue weighted by Crippen LogP contribution is 2.52. The molecule has 0 spiro atoms. The van der Waals surface area contributed by atoms with E-state index in [4.69, 9.17) is 14.2 Å². The molecule has 2 aliphatic heterocycles. The van der Waals surface area contributed by atoms with Crippen molar-refractivity contribution in [2.24, 2.45) is 0 Å². The van der Waals surface area contributed by atoms with Crippen LogP contribution in [0.1, 0.15) is 24.0 Å². The molecule has 4 atom stereocenters. The summed E-state index contributed by atoms with van der Waals surface area (Å²) >= 11 is 0. The molecule has 3 aliphatic rings. The topological polar surface area (TPSA) is 30.9 Å². The van der Waals surface area contributed by atoms with Crippen LogP contribution in [0.4, 0.5) is 0 Å². The van der Waals surface area contributed by atoms with Crippen LogP contribution < -0.4 is 9.47 Å².